The summed E-state index contributed by atoms with van der Waals surface area (Å²) in [5.74, 6) is 1.30. The number of ether oxygens (including phenoxy) is 1. The number of piperazine rings is 1. The molecule has 1 aromatic carbocycles. The largest absolute Gasteiger partial charge is 0.462 e. The zero-order chi connectivity index (χ0) is 25.2. The highest BCUT2D eigenvalue weighted by Gasteiger charge is 2.31. The van der Waals surface area contributed by atoms with Crippen molar-refractivity contribution in [2.75, 3.05) is 58.3 Å². The average Bonchev–Trinajstić information content (AvgIpc) is 3.36. The van der Waals surface area contributed by atoms with E-state index in [4.69, 9.17) is 14.7 Å². The first-order chi connectivity index (χ1) is 17.4. The number of nitrogens with zero attached hydrogens (tertiary/aromatic N) is 6. The van der Waals surface area contributed by atoms with Gasteiger partial charge in [0, 0.05) is 43.7 Å². The molecular formula is C27H35N7O2. The Bertz CT molecular complexity index is 1260. The fourth-order valence-electron chi connectivity index (χ4n) is 5.42. The van der Waals surface area contributed by atoms with Gasteiger partial charge in [0.15, 0.2) is 0 Å². The molecule has 36 heavy (non-hydrogen) atoms. The SMILES string of the molecule is C=CC(=O)N1CCN(c2nc(OCCN(C)C)nc3c2CCC(c2c(C)ccc4[nH]ncc24)C3)CC1. The van der Waals surface area contributed by atoms with Crippen LogP contribution in [0.4, 0.5) is 5.82 Å². The lowest BCUT2D eigenvalue weighted by Crippen LogP contribution is -2.49. The highest BCUT2D eigenvalue weighted by Crippen LogP contribution is 2.40. The van der Waals surface area contributed by atoms with Gasteiger partial charge in [0.25, 0.3) is 0 Å². The van der Waals surface area contributed by atoms with Gasteiger partial charge in [0.1, 0.15) is 12.4 Å². The molecule has 9 nitrogen and oxygen atoms in total. The van der Waals surface area contributed by atoms with Crippen molar-refractivity contribution in [3.05, 3.63) is 53.4 Å². The summed E-state index contributed by atoms with van der Waals surface area (Å²) in [5, 5.41) is 8.60. The third-order valence-corrected chi connectivity index (χ3v) is 7.36. The lowest BCUT2D eigenvalue weighted by atomic mass is 9.79. The summed E-state index contributed by atoms with van der Waals surface area (Å²) >= 11 is 0. The molecule has 1 amide bonds. The Kier molecular flexibility index (Phi) is 6.91. The predicted molar refractivity (Wildman–Crippen MR) is 141 cm³/mol. The third-order valence-electron chi connectivity index (χ3n) is 7.36. The van der Waals surface area contributed by atoms with Gasteiger partial charge < -0.3 is 19.4 Å². The summed E-state index contributed by atoms with van der Waals surface area (Å²) in [5.41, 5.74) is 6.01. The van der Waals surface area contributed by atoms with E-state index in [2.05, 4.69) is 45.6 Å². The summed E-state index contributed by atoms with van der Waals surface area (Å²) in [6.45, 7) is 9.92. The second-order valence-corrected chi connectivity index (χ2v) is 9.99. The number of fused-ring (bicyclic) bond motifs is 2. The molecule has 5 rings (SSSR count). The number of hydrogen-bond donors (Lipinski definition) is 1. The molecule has 0 spiro atoms. The molecule has 1 fully saturated rings. The van der Waals surface area contributed by atoms with E-state index < -0.39 is 0 Å². The van der Waals surface area contributed by atoms with Gasteiger partial charge in [0.05, 0.1) is 17.4 Å². The second kappa shape index (κ2) is 10.3. The van der Waals surface area contributed by atoms with Gasteiger partial charge >= 0.3 is 6.01 Å². The highest BCUT2D eigenvalue weighted by molar-refractivity contribution is 5.87. The molecule has 9 heteroatoms. The summed E-state index contributed by atoms with van der Waals surface area (Å²) in [7, 11) is 4.05. The average molecular weight is 490 g/mol. The van der Waals surface area contributed by atoms with Crippen LogP contribution in [0.1, 0.15) is 34.7 Å². The van der Waals surface area contributed by atoms with Gasteiger partial charge in [-0.2, -0.15) is 15.1 Å². The molecule has 3 heterocycles. The minimum atomic E-state index is -0.0151. The topological polar surface area (TPSA) is 90.5 Å². The van der Waals surface area contributed by atoms with Crippen LogP contribution >= 0.6 is 0 Å². The van der Waals surface area contributed by atoms with Crippen molar-refractivity contribution < 1.29 is 9.53 Å². The molecule has 2 aliphatic rings. The second-order valence-electron chi connectivity index (χ2n) is 9.99. The standard InChI is InChI=1S/C27H35N7O2/c1-5-24(35)33-10-12-34(13-11-33)26-20-8-7-19(25-18(2)6-9-22-21(25)17-28-31-22)16-23(20)29-27(30-26)36-15-14-32(3)4/h5-6,9,17,19H,1,7-8,10-16H2,2-4H3,(H,28,31). The maximum Gasteiger partial charge on any atom is 0.318 e. The summed E-state index contributed by atoms with van der Waals surface area (Å²) in [6, 6.07) is 4.72. The van der Waals surface area contributed by atoms with E-state index in [-0.39, 0.29) is 5.91 Å². The molecule has 1 N–H and O–H groups in total. The quantitative estimate of drug-likeness (QED) is 0.511. The smallest absolute Gasteiger partial charge is 0.318 e. The van der Waals surface area contributed by atoms with Gasteiger partial charge in [-0.15, -0.1) is 0 Å². The number of H-pyrrole nitrogens is 1. The zero-order valence-electron chi connectivity index (χ0n) is 21.5. The Balaban J connectivity index is 1.45. The number of benzene rings is 1. The lowest BCUT2D eigenvalue weighted by Gasteiger charge is -2.37. The maximum absolute atomic E-state index is 12.1. The molecule has 0 bridgehead atoms. The summed E-state index contributed by atoms with van der Waals surface area (Å²) in [4.78, 5) is 28.1. The number of hydrogen-bond acceptors (Lipinski definition) is 7. The molecule has 1 aliphatic heterocycles. The minimum Gasteiger partial charge on any atom is -0.462 e. The van der Waals surface area contributed by atoms with E-state index in [0.717, 1.165) is 55.9 Å². The Morgan fingerprint density at radius 2 is 2.06 bits per heavy atom. The van der Waals surface area contributed by atoms with Crippen LogP contribution in [0.15, 0.2) is 31.0 Å². The van der Waals surface area contributed by atoms with Crippen molar-refractivity contribution in [2.45, 2.75) is 32.1 Å². The van der Waals surface area contributed by atoms with E-state index in [1.807, 2.05) is 25.2 Å². The number of rotatable bonds is 7. The molecular weight excluding hydrogens is 454 g/mol. The normalized spacial score (nSPS) is 17.9. The van der Waals surface area contributed by atoms with E-state index in [1.165, 1.54) is 28.2 Å². The number of aromatic nitrogens is 4. The van der Waals surface area contributed by atoms with Crippen molar-refractivity contribution in [3.8, 4) is 6.01 Å². The van der Waals surface area contributed by atoms with Gasteiger partial charge in [0.2, 0.25) is 5.91 Å². The summed E-state index contributed by atoms with van der Waals surface area (Å²) < 4.78 is 6.03. The first kappa shape index (κ1) is 24.2. The Labute approximate surface area is 212 Å². The lowest BCUT2D eigenvalue weighted by molar-refractivity contribution is -0.126. The van der Waals surface area contributed by atoms with E-state index >= 15 is 0 Å². The fraction of sp³-hybridized carbons (Fsp3) is 0.481. The first-order valence-corrected chi connectivity index (χ1v) is 12.7. The molecule has 190 valence electrons. The van der Waals surface area contributed by atoms with Crippen LogP contribution in [0, 0.1) is 6.92 Å². The molecule has 1 unspecified atom stereocenters. The van der Waals surface area contributed by atoms with Crippen LogP contribution < -0.4 is 9.64 Å². The number of anilines is 1. The zero-order valence-corrected chi connectivity index (χ0v) is 21.5. The number of nitrogens with one attached hydrogen (secondary N) is 1. The molecule has 1 atom stereocenters. The molecule has 1 saturated heterocycles. The van der Waals surface area contributed by atoms with Crippen molar-refractivity contribution in [2.24, 2.45) is 0 Å². The molecule has 2 aromatic heterocycles. The number of aromatic amines is 1. The van der Waals surface area contributed by atoms with E-state index in [1.54, 1.807) is 0 Å². The summed E-state index contributed by atoms with van der Waals surface area (Å²) in [6.07, 6.45) is 6.12. The van der Waals surface area contributed by atoms with Crippen LogP contribution in [0.5, 0.6) is 6.01 Å². The fourth-order valence-corrected chi connectivity index (χ4v) is 5.42. The first-order valence-electron chi connectivity index (χ1n) is 12.7. The predicted octanol–water partition coefficient (Wildman–Crippen LogP) is 2.71. The number of amides is 1. The van der Waals surface area contributed by atoms with Crippen LogP contribution in [-0.2, 0) is 17.6 Å². The minimum absolute atomic E-state index is 0.0151. The van der Waals surface area contributed by atoms with E-state index in [9.17, 15) is 4.79 Å². The molecule has 3 aromatic rings. The number of carbonyl (C=O) groups is 1. The van der Waals surface area contributed by atoms with Crippen LogP contribution in [0.2, 0.25) is 0 Å². The van der Waals surface area contributed by atoms with Gasteiger partial charge in [-0.05, 0) is 69.5 Å². The van der Waals surface area contributed by atoms with Crippen molar-refractivity contribution in [3.63, 3.8) is 0 Å². The van der Waals surface area contributed by atoms with E-state index in [0.29, 0.717) is 31.6 Å². The molecule has 0 radical (unpaired) electrons. The van der Waals surface area contributed by atoms with Gasteiger partial charge in [-0.25, -0.2) is 0 Å². The van der Waals surface area contributed by atoms with Crippen LogP contribution in [0.3, 0.4) is 0 Å². The Morgan fingerprint density at radius 3 is 2.81 bits per heavy atom. The maximum atomic E-state index is 12.1. The third kappa shape index (κ3) is 4.80. The highest BCUT2D eigenvalue weighted by atomic mass is 16.5. The number of aryl methyl sites for hydroxylation is 1. The van der Waals surface area contributed by atoms with Crippen LogP contribution in [-0.4, -0.2) is 89.3 Å². The number of likely N-dealkylation sites (N-methyl/N-ethyl adjacent to an activating group) is 1. The van der Waals surface area contributed by atoms with Crippen molar-refractivity contribution in [1.29, 1.82) is 0 Å². The monoisotopic (exact) mass is 489 g/mol. The molecule has 1 aliphatic carbocycles. The van der Waals surface area contributed by atoms with Gasteiger partial charge in [-0.1, -0.05) is 12.6 Å². The molecule has 0 saturated carbocycles. The Morgan fingerprint density at radius 1 is 1.25 bits per heavy atom. The van der Waals surface area contributed by atoms with Crippen molar-refractivity contribution >= 4 is 22.6 Å². The number of carbonyl (C=O) groups excluding carboxylic acids is 1. The van der Waals surface area contributed by atoms with Gasteiger partial charge in [-0.3, -0.25) is 9.89 Å². The van der Waals surface area contributed by atoms with Crippen LogP contribution in [0.25, 0.3) is 10.9 Å². The van der Waals surface area contributed by atoms with Crippen molar-refractivity contribution in [1.82, 2.24) is 30.0 Å². The Hall–Kier alpha value is -3.46.